The molecule has 1 aromatic carbocycles. The lowest BCUT2D eigenvalue weighted by Gasteiger charge is -2.21. The number of nitrogens with zero attached hydrogens (tertiary/aromatic N) is 1. The molecule has 2 nitrogen and oxygen atoms in total. The van der Waals surface area contributed by atoms with Gasteiger partial charge in [-0.1, -0.05) is 55.9 Å². The van der Waals surface area contributed by atoms with Crippen molar-refractivity contribution in [2.75, 3.05) is 5.75 Å². The van der Waals surface area contributed by atoms with E-state index < -0.39 is 0 Å². The molecule has 1 aliphatic heterocycles. The molecule has 0 spiro atoms. The number of thioether (sulfide) groups is 1. The number of rotatable bonds is 4. The van der Waals surface area contributed by atoms with Crippen molar-refractivity contribution in [1.82, 2.24) is 5.32 Å². The van der Waals surface area contributed by atoms with Gasteiger partial charge in [0, 0.05) is 11.3 Å². The van der Waals surface area contributed by atoms with Gasteiger partial charge in [0.25, 0.3) is 0 Å². The van der Waals surface area contributed by atoms with E-state index in [2.05, 4.69) is 56.4 Å². The number of nitrogens with one attached hydrogen (secondary N) is 1. The van der Waals surface area contributed by atoms with Gasteiger partial charge >= 0.3 is 0 Å². The smallest absolute Gasteiger partial charge is 0.157 e. The Morgan fingerprint density at radius 3 is 2.61 bits per heavy atom. The summed E-state index contributed by atoms with van der Waals surface area (Å²) in [5, 5.41) is 4.67. The van der Waals surface area contributed by atoms with Gasteiger partial charge < -0.3 is 5.32 Å². The summed E-state index contributed by atoms with van der Waals surface area (Å²) in [7, 11) is 0. The van der Waals surface area contributed by atoms with E-state index in [-0.39, 0.29) is 11.6 Å². The van der Waals surface area contributed by atoms with Crippen LogP contribution < -0.4 is 5.32 Å². The van der Waals surface area contributed by atoms with Crippen molar-refractivity contribution in [2.45, 2.75) is 45.2 Å². The Morgan fingerprint density at radius 2 is 2.06 bits per heavy atom. The predicted molar refractivity (Wildman–Crippen MR) is 81.2 cm³/mol. The molecule has 0 amide bonds. The average Bonchev–Trinajstić information content (AvgIpc) is 2.79. The van der Waals surface area contributed by atoms with Crippen LogP contribution in [0.1, 0.15) is 45.2 Å². The third kappa shape index (κ3) is 3.08. The summed E-state index contributed by atoms with van der Waals surface area (Å²) >= 11 is 1.85. The molecule has 0 bridgehead atoms. The lowest BCUT2D eigenvalue weighted by atomic mass is 10.0. The van der Waals surface area contributed by atoms with Crippen LogP contribution >= 0.6 is 11.8 Å². The highest BCUT2D eigenvalue weighted by Crippen LogP contribution is 2.29. The zero-order valence-electron chi connectivity index (χ0n) is 11.4. The Hall–Kier alpha value is -0.960. The molecule has 2 unspecified atom stereocenters. The van der Waals surface area contributed by atoms with Gasteiger partial charge in [-0.2, -0.15) is 0 Å². The van der Waals surface area contributed by atoms with Crippen LogP contribution in [0.15, 0.2) is 35.3 Å². The van der Waals surface area contributed by atoms with E-state index >= 15 is 0 Å². The van der Waals surface area contributed by atoms with E-state index in [1.165, 1.54) is 5.56 Å². The van der Waals surface area contributed by atoms with Crippen LogP contribution in [-0.2, 0) is 0 Å². The fraction of sp³-hybridized carbons (Fsp3) is 0.533. The number of aliphatic imine (C=N–C) groups is 1. The fourth-order valence-corrected chi connectivity index (χ4v) is 3.29. The van der Waals surface area contributed by atoms with E-state index in [0.29, 0.717) is 0 Å². The molecule has 0 aromatic heterocycles. The SMILES string of the molecule is CCC(N=C1NC(C)(CC)CS1)c1ccccc1. The molecule has 1 aromatic rings. The first-order valence-electron chi connectivity index (χ1n) is 6.70. The molecule has 98 valence electrons. The second-order valence-electron chi connectivity index (χ2n) is 5.10. The van der Waals surface area contributed by atoms with E-state index in [1.807, 2.05) is 11.8 Å². The highest BCUT2D eigenvalue weighted by Gasteiger charge is 2.30. The normalized spacial score (nSPS) is 27.2. The topological polar surface area (TPSA) is 24.4 Å². The first-order chi connectivity index (χ1) is 8.67. The van der Waals surface area contributed by atoms with Crippen LogP contribution in [0.2, 0.25) is 0 Å². The second-order valence-corrected chi connectivity index (χ2v) is 6.06. The van der Waals surface area contributed by atoms with Crippen molar-refractivity contribution < 1.29 is 0 Å². The molecule has 0 radical (unpaired) electrons. The third-order valence-corrected chi connectivity index (χ3v) is 4.82. The van der Waals surface area contributed by atoms with Gasteiger partial charge in [-0.05, 0) is 25.3 Å². The van der Waals surface area contributed by atoms with Gasteiger partial charge in [0.2, 0.25) is 0 Å². The summed E-state index contributed by atoms with van der Waals surface area (Å²) in [5.74, 6) is 1.12. The molecule has 2 rings (SSSR count). The molecule has 0 aliphatic carbocycles. The van der Waals surface area contributed by atoms with Crippen molar-refractivity contribution in [1.29, 1.82) is 0 Å². The first kappa shape index (κ1) is 13.5. The molecule has 1 heterocycles. The minimum atomic E-state index is 0.221. The van der Waals surface area contributed by atoms with Gasteiger partial charge in [0.1, 0.15) is 0 Å². The van der Waals surface area contributed by atoms with E-state index in [9.17, 15) is 0 Å². The van der Waals surface area contributed by atoms with Crippen molar-refractivity contribution >= 4 is 16.9 Å². The Balaban J connectivity index is 2.12. The highest BCUT2D eigenvalue weighted by molar-refractivity contribution is 8.14. The number of benzene rings is 1. The van der Waals surface area contributed by atoms with E-state index in [4.69, 9.17) is 4.99 Å². The summed E-state index contributed by atoms with van der Waals surface area (Å²) in [6.45, 7) is 6.69. The standard InChI is InChI=1S/C15H22N2S/c1-4-13(12-9-7-6-8-10-12)16-14-17-15(3,5-2)11-18-14/h6-10,13H,4-5,11H2,1-3H3,(H,16,17). The summed E-state index contributed by atoms with van der Waals surface area (Å²) in [6.07, 6.45) is 2.18. The van der Waals surface area contributed by atoms with Gasteiger partial charge in [0.15, 0.2) is 5.17 Å². The molecular formula is C15H22N2S. The average molecular weight is 262 g/mol. The zero-order valence-corrected chi connectivity index (χ0v) is 12.3. The molecule has 1 aliphatic rings. The number of amidine groups is 1. The van der Waals surface area contributed by atoms with Gasteiger partial charge in [0.05, 0.1) is 6.04 Å². The maximum absolute atomic E-state index is 4.88. The quantitative estimate of drug-likeness (QED) is 0.887. The first-order valence-corrected chi connectivity index (χ1v) is 7.69. The summed E-state index contributed by atoms with van der Waals surface area (Å²) in [6, 6.07) is 10.8. The molecule has 1 saturated heterocycles. The molecule has 1 N–H and O–H groups in total. The zero-order chi connectivity index (χ0) is 13.0. The maximum Gasteiger partial charge on any atom is 0.157 e. The Labute approximate surface area is 114 Å². The summed E-state index contributed by atoms with van der Waals surface area (Å²) in [4.78, 5) is 4.88. The Morgan fingerprint density at radius 1 is 1.33 bits per heavy atom. The minimum absolute atomic E-state index is 0.221. The Bertz CT molecular complexity index is 416. The lowest BCUT2D eigenvalue weighted by molar-refractivity contribution is 0.465. The number of hydrogen-bond donors (Lipinski definition) is 1. The van der Waals surface area contributed by atoms with Crippen LogP contribution in [0.25, 0.3) is 0 Å². The number of hydrogen-bond acceptors (Lipinski definition) is 2. The van der Waals surface area contributed by atoms with Crippen molar-refractivity contribution in [3.05, 3.63) is 35.9 Å². The van der Waals surface area contributed by atoms with E-state index in [0.717, 1.165) is 23.8 Å². The van der Waals surface area contributed by atoms with Crippen LogP contribution in [0.5, 0.6) is 0 Å². The van der Waals surface area contributed by atoms with Crippen molar-refractivity contribution in [3.8, 4) is 0 Å². The molecule has 3 heteroatoms. The molecule has 0 saturated carbocycles. The summed E-state index contributed by atoms with van der Waals surface area (Å²) in [5.41, 5.74) is 1.53. The monoisotopic (exact) mass is 262 g/mol. The van der Waals surface area contributed by atoms with Crippen LogP contribution in [-0.4, -0.2) is 16.5 Å². The molecule has 2 atom stereocenters. The minimum Gasteiger partial charge on any atom is -0.359 e. The predicted octanol–water partition coefficient (Wildman–Crippen LogP) is 4.00. The lowest BCUT2D eigenvalue weighted by Crippen LogP contribution is -2.39. The van der Waals surface area contributed by atoms with E-state index in [1.54, 1.807) is 0 Å². The van der Waals surface area contributed by atoms with Gasteiger partial charge in [-0.25, -0.2) is 0 Å². The highest BCUT2D eigenvalue weighted by atomic mass is 32.2. The summed E-state index contributed by atoms with van der Waals surface area (Å²) < 4.78 is 0. The van der Waals surface area contributed by atoms with Crippen molar-refractivity contribution in [3.63, 3.8) is 0 Å². The molecular weight excluding hydrogens is 240 g/mol. The van der Waals surface area contributed by atoms with Crippen LogP contribution in [0, 0.1) is 0 Å². The van der Waals surface area contributed by atoms with Crippen LogP contribution in [0.4, 0.5) is 0 Å². The fourth-order valence-electron chi connectivity index (χ4n) is 2.04. The van der Waals surface area contributed by atoms with Gasteiger partial charge in [-0.3, -0.25) is 4.99 Å². The van der Waals surface area contributed by atoms with Crippen LogP contribution in [0.3, 0.4) is 0 Å². The van der Waals surface area contributed by atoms with Crippen molar-refractivity contribution in [2.24, 2.45) is 4.99 Å². The third-order valence-electron chi connectivity index (χ3n) is 3.56. The molecule has 1 fully saturated rings. The second kappa shape index (κ2) is 5.79. The Kier molecular flexibility index (Phi) is 4.33. The molecule has 18 heavy (non-hydrogen) atoms. The maximum atomic E-state index is 4.88. The van der Waals surface area contributed by atoms with Gasteiger partial charge in [-0.15, -0.1) is 0 Å². The largest absolute Gasteiger partial charge is 0.359 e.